The number of carbonyl (C=O) groups is 1. The van der Waals surface area contributed by atoms with Gasteiger partial charge in [0.15, 0.2) is 0 Å². The fourth-order valence-electron chi connectivity index (χ4n) is 2.05. The summed E-state index contributed by atoms with van der Waals surface area (Å²) in [7, 11) is 0. The van der Waals surface area contributed by atoms with Crippen LogP contribution in [0, 0.1) is 0 Å². The second-order valence-electron chi connectivity index (χ2n) is 4.61. The van der Waals surface area contributed by atoms with E-state index in [1.807, 2.05) is 18.2 Å². The molecule has 0 atom stereocenters. The van der Waals surface area contributed by atoms with Crippen LogP contribution in [0.25, 0.3) is 10.9 Å². The number of benzene rings is 1. The normalized spacial score (nSPS) is 10.6. The Hall–Kier alpha value is -2.10. The molecular formula is C15H19N3O. The number of nitrogens with zero attached hydrogens (tertiary/aromatic N) is 1. The van der Waals surface area contributed by atoms with Gasteiger partial charge in [-0.1, -0.05) is 19.8 Å². The largest absolute Gasteiger partial charge is 0.397 e. The summed E-state index contributed by atoms with van der Waals surface area (Å²) < 4.78 is 0. The van der Waals surface area contributed by atoms with E-state index in [4.69, 9.17) is 5.73 Å². The molecule has 0 fully saturated rings. The quantitative estimate of drug-likeness (QED) is 0.637. The molecule has 1 heterocycles. The zero-order chi connectivity index (χ0) is 13.7. The van der Waals surface area contributed by atoms with Gasteiger partial charge in [-0.3, -0.25) is 9.78 Å². The SMILES string of the molecule is CCCCCC(=O)Nc1ccc(N)c2ncccc12. The molecule has 0 spiro atoms. The molecule has 0 bridgehead atoms. The van der Waals surface area contributed by atoms with Gasteiger partial charge in [0.2, 0.25) is 5.91 Å². The van der Waals surface area contributed by atoms with Crippen LogP contribution in [0.3, 0.4) is 0 Å². The van der Waals surface area contributed by atoms with Crippen molar-refractivity contribution in [3.05, 3.63) is 30.5 Å². The first-order chi connectivity index (χ1) is 9.22. The number of unbranched alkanes of at least 4 members (excludes halogenated alkanes) is 2. The smallest absolute Gasteiger partial charge is 0.224 e. The highest BCUT2D eigenvalue weighted by atomic mass is 16.1. The summed E-state index contributed by atoms with van der Waals surface area (Å²) in [5, 5.41) is 3.82. The second-order valence-corrected chi connectivity index (χ2v) is 4.61. The lowest BCUT2D eigenvalue weighted by molar-refractivity contribution is -0.116. The molecule has 2 aromatic rings. The highest BCUT2D eigenvalue weighted by Gasteiger charge is 2.07. The topological polar surface area (TPSA) is 68.0 Å². The first-order valence-electron chi connectivity index (χ1n) is 6.65. The van der Waals surface area contributed by atoms with E-state index in [0.717, 1.165) is 35.9 Å². The molecule has 0 unspecified atom stereocenters. The molecule has 3 N–H and O–H groups in total. The summed E-state index contributed by atoms with van der Waals surface area (Å²) >= 11 is 0. The zero-order valence-electron chi connectivity index (χ0n) is 11.1. The van der Waals surface area contributed by atoms with Gasteiger partial charge in [0.1, 0.15) is 0 Å². The molecule has 0 saturated carbocycles. The predicted molar refractivity (Wildman–Crippen MR) is 78.9 cm³/mol. The first kappa shape index (κ1) is 13.3. The number of fused-ring (bicyclic) bond motifs is 1. The summed E-state index contributed by atoms with van der Waals surface area (Å²) in [4.78, 5) is 16.1. The Balaban J connectivity index is 2.17. The summed E-state index contributed by atoms with van der Waals surface area (Å²) in [5.74, 6) is 0.0448. The number of rotatable bonds is 5. The second kappa shape index (κ2) is 6.18. The minimum Gasteiger partial charge on any atom is -0.397 e. The molecule has 1 amide bonds. The van der Waals surface area contributed by atoms with Crippen molar-refractivity contribution in [2.24, 2.45) is 0 Å². The lowest BCUT2D eigenvalue weighted by Crippen LogP contribution is -2.11. The summed E-state index contributed by atoms with van der Waals surface area (Å²) in [6, 6.07) is 7.36. The number of pyridine rings is 1. The standard InChI is InChI=1S/C15H19N3O/c1-2-3-4-7-14(19)18-13-9-8-12(16)15-11(13)6-5-10-17-15/h5-6,8-10H,2-4,7,16H2,1H3,(H,18,19). The van der Waals surface area contributed by atoms with Crippen LogP contribution in [0.4, 0.5) is 11.4 Å². The van der Waals surface area contributed by atoms with E-state index in [-0.39, 0.29) is 5.91 Å². The Kier molecular flexibility index (Phi) is 4.34. The van der Waals surface area contributed by atoms with E-state index in [1.165, 1.54) is 0 Å². The summed E-state index contributed by atoms with van der Waals surface area (Å²) in [6.07, 6.45) is 5.37. The predicted octanol–water partition coefficient (Wildman–Crippen LogP) is 3.34. The molecule has 0 aliphatic carbocycles. The molecule has 0 saturated heterocycles. The molecule has 1 aromatic carbocycles. The van der Waals surface area contributed by atoms with Crippen molar-refractivity contribution in [1.29, 1.82) is 0 Å². The van der Waals surface area contributed by atoms with Gasteiger partial charge in [0.25, 0.3) is 0 Å². The molecule has 0 aliphatic rings. The van der Waals surface area contributed by atoms with E-state index in [0.29, 0.717) is 12.1 Å². The van der Waals surface area contributed by atoms with Crippen LogP contribution < -0.4 is 11.1 Å². The third kappa shape index (κ3) is 3.22. The monoisotopic (exact) mass is 257 g/mol. The number of anilines is 2. The van der Waals surface area contributed by atoms with Crippen LogP contribution in [0.1, 0.15) is 32.6 Å². The average Bonchev–Trinajstić information content (AvgIpc) is 2.43. The van der Waals surface area contributed by atoms with Crippen LogP contribution in [-0.2, 0) is 4.79 Å². The van der Waals surface area contributed by atoms with Crippen LogP contribution in [0.15, 0.2) is 30.5 Å². The number of nitrogen functional groups attached to an aromatic ring is 1. The Morgan fingerprint density at radius 3 is 2.95 bits per heavy atom. The number of hydrogen-bond donors (Lipinski definition) is 2. The molecule has 0 aliphatic heterocycles. The van der Waals surface area contributed by atoms with Crippen molar-refractivity contribution >= 4 is 28.2 Å². The highest BCUT2D eigenvalue weighted by Crippen LogP contribution is 2.26. The van der Waals surface area contributed by atoms with E-state index in [1.54, 1.807) is 12.3 Å². The molecule has 100 valence electrons. The van der Waals surface area contributed by atoms with Crippen molar-refractivity contribution < 1.29 is 4.79 Å². The number of amides is 1. The lowest BCUT2D eigenvalue weighted by Gasteiger charge is -2.09. The molecule has 1 aromatic heterocycles. The third-order valence-electron chi connectivity index (χ3n) is 3.08. The lowest BCUT2D eigenvalue weighted by atomic mass is 10.1. The molecule has 4 heteroatoms. The van der Waals surface area contributed by atoms with Crippen LogP contribution in [-0.4, -0.2) is 10.9 Å². The summed E-state index contributed by atoms with van der Waals surface area (Å²) in [5.41, 5.74) is 8.01. The van der Waals surface area contributed by atoms with Crippen molar-refractivity contribution in [2.45, 2.75) is 32.6 Å². The van der Waals surface area contributed by atoms with Crippen molar-refractivity contribution in [1.82, 2.24) is 4.98 Å². The van der Waals surface area contributed by atoms with Gasteiger partial charge in [-0.05, 0) is 30.7 Å². The highest BCUT2D eigenvalue weighted by molar-refractivity contribution is 6.04. The van der Waals surface area contributed by atoms with E-state index in [2.05, 4.69) is 17.2 Å². The number of nitrogens with one attached hydrogen (secondary N) is 1. The Bertz CT molecular complexity index is 581. The van der Waals surface area contributed by atoms with Crippen LogP contribution >= 0.6 is 0 Å². The van der Waals surface area contributed by atoms with Crippen molar-refractivity contribution in [3.63, 3.8) is 0 Å². The maximum atomic E-state index is 11.9. The van der Waals surface area contributed by atoms with Crippen molar-refractivity contribution in [2.75, 3.05) is 11.1 Å². The number of nitrogens with two attached hydrogens (primary N) is 1. The molecule has 0 radical (unpaired) electrons. The van der Waals surface area contributed by atoms with Crippen LogP contribution in [0.5, 0.6) is 0 Å². The Morgan fingerprint density at radius 1 is 1.32 bits per heavy atom. The van der Waals surface area contributed by atoms with E-state index in [9.17, 15) is 4.79 Å². The summed E-state index contributed by atoms with van der Waals surface area (Å²) in [6.45, 7) is 2.12. The molecule has 19 heavy (non-hydrogen) atoms. The van der Waals surface area contributed by atoms with Gasteiger partial charge in [0.05, 0.1) is 16.9 Å². The molecule has 2 rings (SSSR count). The van der Waals surface area contributed by atoms with Crippen LogP contribution in [0.2, 0.25) is 0 Å². The van der Waals surface area contributed by atoms with Gasteiger partial charge in [0, 0.05) is 18.0 Å². The minimum absolute atomic E-state index is 0.0448. The third-order valence-corrected chi connectivity index (χ3v) is 3.08. The van der Waals surface area contributed by atoms with Gasteiger partial charge in [-0.25, -0.2) is 0 Å². The maximum Gasteiger partial charge on any atom is 0.224 e. The zero-order valence-corrected chi connectivity index (χ0v) is 11.1. The van der Waals surface area contributed by atoms with Gasteiger partial charge >= 0.3 is 0 Å². The Labute approximate surface area is 113 Å². The van der Waals surface area contributed by atoms with E-state index < -0.39 is 0 Å². The number of aromatic nitrogens is 1. The molecular weight excluding hydrogens is 238 g/mol. The molecule has 4 nitrogen and oxygen atoms in total. The minimum atomic E-state index is 0.0448. The average molecular weight is 257 g/mol. The van der Waals surface area contributed by atoms with Crippen molar-refractivity contribution in [3.8, 4) is 0 Å². The number of hydrogen-bond acceptors (Lipinski definition) is 3. The maximum absolute atomic E-state index is 11.9. The Morgan fingerprint density at radius 2 is 2.16 bits per heavy atom. The fraction of sp³-hybridized carbons (Fsp3) is 0.333. The fourth-order valence-corrected chi connectivity index (χ4v) is 2.05. The van der Waals surface area contributed by atoms with Gasteiger partial charge in [-0.15, -0.1) is 0 Å². The van der Waals surface area contributed by atoms with Gasteiger partial charge < -0.3 is 11.1 Å². The first-order valence-corrected chi connectivity index (χ1v) is 6.65. The van der Waals surface area contributed by atoms with E-state index >= 15 is 0 Å². The number of carbonyl (C=O) groups excluding carboxylic acids is 1. The van der Waals surface area contributed by atoms with Gasteiger partial charge in [-0.2, -0.15) is 0 Å².